The maximum atomic E-state index is 13.1. The lowest BCUT2D eigenvalue weighted by Crippen LogP contribution is -2.19. The summed E-state index contributed by atoms with van der Waals surface area (Å²) in [7, 11) is 0. The summed E-state index contributed by atoms with van der Waals surface area (Å²) < 4.78 is 27.1. The average Bonchev–Trinajstić information content (AvgIpc) is 2.99. The minimum Gasteiger partial charge on any atom is -0.494 e. The van der Waals surface area contributed by atoms with Gasteiger partial charge in [-0.25, -0.2) is 4.39 Å². The lowest BCUT2D eigenvalue weighted by atomic mass is 10.2. The number of carbonyl (C=O) groups excluding carboxylic acids is 1. The number of halogens is 1. The molecule has 0 saturated heterocycles. The molecule has 0 N–H and O–H groups in total. The Labute approximate surface area is 160 Å². The first kappa shape index (κ1) is 19.3. The van der Waals surface area contributed by atoms with Crippen LogP contribution in [0.1, 0.15) is 24.2 Å². The number of nitrogens with zero attached hydrogens (tertiary/aromatic N) is 2. The van der Waals surface area contributed by atoms with E-state index < -0.39 is 5.91 Å². The van der Waals surface area contributed by atoms with Crippen LogP contribution in [0.4, 0.5) is 4.39 Å². The first-order valence-electron chi connectivity index (χ1n) is 8.81. The molecule has 142 valence electrons. The molecule has 2 aromatic carbocycles. The number of ether oxygens (including phenoxy) is 2. The Morgan fingerprint density at radius 2 is 1.93 bits per heavy atom. The fraction of sp³-hybridized carbons (Fsp3) is 0.300. The third-order valence-corrected chi connectivity index (χ3v) is 4.96. The van der Waals surface area contributed by atoms with Gasteiger partial charge in [0.2, 0.25) is 0 Å². The summed E-state index contributed by atoms with van der Waals surface area (Å²) in [5, 5.41) is 0. The molecule has 0 saturated carbocycles. The summed E-state index contributed by atoms with van der Waals surface area (Å²) >= 11 is 1.41. The molecule has 3 aromatic rings. The molecule has 0 aliphatic heterocycles. The minimum absolute atomic E-state index is 0.347. The summed E-state index contributed by atoms with van der Waals surface area (Å²) in [6.45, 7) is 6.18. The van der Waals surface area contributed by atoms with E-state index in [1.165, 1.54) is 35.6 Å². The highest BCUT2D eigenvalue weighted by molar-refractivity contribution is 7.16. The Balaban J connectivity index is 2.04. The van der Waals surface area contributed by atoms with Crippen LogP contribution in [0.2, 0.25) is 0 Å². The molecule has 1 heterocycles. The van der Waals surface area contributed by atoms with Crippen LogP contribution in [0.15, 0.2) is 47.5 Å². The summed E-state index contributed by atoms with van der Waals surface area (Å²) in [6, 6.07) is 11.2. The Bertz CT molecular complexity index is 993. The molecule has 1 amide bonds. The summed E-state index contributed by atoms with van der Waals surface area (Å²) in [6.07, 6.45) is 0. The van der Waals surface area contributed by atoms with Gasteiger partial charge in [-0.1, -0.05) is 11.3 Å². The molecule has 0 aliphatic rings. The number of hydrogen-bond acceptors (Lipinski definition) is 4. The molecule has 0 aliphatic carbocycles. The molecule has 0 atom stereocenters. The highest BCUT2D eigenvalue weighted by Gasteiger charge is 2.10. The highest BCUT2D eigenvalue weighted by atomic mass is 32.1. The zero-order valence-electron chi connectivity index (χ0n) is 15.3. The van der Waals surface area contributed by atoms with Gasteiger partial charge in [-0.15, -0.1) is 0 Å². The van der Waals surface area contributed by atoms with E-state index in [4.69, 9.17) is 9.47 Å². The molecule has 3 rings (SSSR count). The van der Waals surface area contributed by atoms with Gasteiger partial charge >= 0.3 is 0 Å². The Kier molecular flexibility index (Phi) is 6.36. The summed E-state index contributed by atoms with van der Waals surface area (Å²) in [4.78, 5) is 17.4. The second-order valence-corrected chi connectivity index (χ2v) is 6.73. The topological polar surface area (TPSA) is 52.8 Å². The Morgan fingerprint density at radius 3 is 2.63 bits per heavy atom. The van der Waals surface area contributed by atoms with Gasteiger partial charge in [-0.3, -0.25) is 4.79 Å². The fourth-order valence-corrected chi connectivity index (χ4v) is 3.74. The third kappa shape index (κ3) is 4.61. The van der Waals surface area contributed by atoms with Gasteiger partial charge in [-0.2, -0.15) is 4.99 Å². The normalized spacial score (nSPS) is 11.9. The predicted octanol–water partition coefficient (Wildman–Crippen LogP) is 4.02. The van der Waals surface area contributed by atoms with Gasteiger partial charge in [-0.05, 0) is 56.3 Å². The maximum absolute atomic E-state index is 13.1. The van der Waals surface area contributed by atoms with Crippen molar-refractivity contribution in [2.75, 3.05) is 19.8 Å². The number of aromatic nitrogens is 1. The number of amides is 1. The van der Waals surface area contributed by atoms with Crippen molar-refractivity contribution in [1.29, 1.82) is 0 Å². The van der Waals surface area contributed by atoms with Gasteiger partial charge in [0.1, 0.15) is 11.6 Å². The van der Waals surface area contributed by atoms with E-state index in [1.807, 2.05) is 36.6 Å². The smallest absolute Gasteiger partial charge is 0.279 e. The van der Waals surface area contributed by atoms with Crippen molar-refractivity contribution < 1.29 is 18.7 Å². The largest absolute Gasteiger partial charge is 0.494 e. The lowest BCUT2D eigenvalue weighted by Gasteiger charge is -2.06. The number of hydrogen-bond donors (Lipinski definition) is 0. The van der Waals surface area contributed by atoms with Crippen LogP contribution >= 0.6 is 11.3 Å². The first-order chi connectivity index (χ1) is 13.1. The lowest BCUT2D eigenvalue weighted by molar-refractivity contribution is 0.0996. The average molecular weight is 388 g/mol. The van der Waals surface area contributed by atoms with E-state index in [0.717, 1.165) is 16.0 Å². The van der Waals surface area contributed by atoms with Crippen LogP contribution < -0.4 is 9.54 Å². The standard InChI is InChI=1S/C20H21FN2O3S/c1-3-25-12-11-23-17-10-9-16(26-4-2)13-18(17)27-20(23)22-19(24)14-5-7-15(21)8-6-14/h5-10,13H,3-4,11-12H2,1-2H3. The van der Waals surface area contributed by atoms with E-state index in [0.29, 0.717) is 36.7 Å². The highest BCUT2D eigenvalue weighted by Crippen LogP contribution is 2.23. The quantitative estimate of drug-likeness (QED) is 0.575. The molecule has 0 radical (unpaired) electrons. The molecule has 7 heteroatoms. The number of rotatable bonds is 7. The van der Waals surface area contributed by atoms with Gasteiger partial charge < -0.3 is 14.0 Å². The predicted molar refractivity (Wildman–Crippen MR) is 104 cm³/mol. The van der Waals surface area contributed by atoms with Gasteiger partial charge in [0.25, 0.3) is 5.91 Å². The molecule has 0 unspecified atom stereocenters. The molecule has 0 fully saturated rings. The van der Waals surface area contributed by atoms with Crippen LogP contribution in [-0.2, 0) is 11.3 Å². The molecule has 0 bridgehead atoms. The molecule has 0 spiro atoms. The van der Waals surface area contributed by atoms with Crippen LogP contribution in [0, 0.1) is 5.82 Å². The SMILES string of the molecule is CCOCCn1c(=NC(=O)c2ccc(F)cc2)sc2cc(OCC)ccc21. The fourth-order valence-electron chi connectivity index (χ4n) is 2.66. The second kappa shape index (κ2) is 8.92. The van der Waals surface area contributed by atoms with Crippen molar-refractivity contribution in [3.05, 3.63) is 58.6 Å². The summed E-state index contributed by atoms with van der Waals surface area (Å²) in [5.41, 5.74) is 1.31. The number of benzene rings is 2. The van der Waals surface area contributed by atoms with Gasteiger partial charge in [0.05, 0.1) is 23.4 Å². The molecular formula is C20H21FN2O3S. The van der Waals surface area contributed by atoms with E-state index in [2.05, 4.69) is 4.99 Å². The van der Waals surface area contributed by atoms with Crippen LogP contribution in [-0.4, -0.2) is 30.3 Å². The third-order valence-electron chi connectivity index (χ3n) is 3.92. The number of thiazole rings is 1. The molecular weight excluding hydrogens is 367 g/mol. The van der Waals surface area contributed by atoms with E-state index in [9.17, 15) is 9.18 Å². The van der Waals surface area contributed by atoms with Crippen LogP contribution in [0.25, 0.3) is 10.2 Å². The number of carbonyl (C=O) groups is 1. The first-order valence-corrected chi connectivity index (χ1v) is 9.62. The molecule has 27 heavy (non-hydrogen) atoms. The zero-order valence-corrected chi connectivity index (χ0v) is 16.1. The van der Waals surface area contributed by atoms with Crippen molar-refractivity contribution in [1.82, 2.24) is 4.57 Å². The van der Waals surface area contributed by atoms with E-state index in [-0.39, 0.29) is 5.82 Å². The van der Waals surface area contributed by atoms with Gasteiger partial charge in [0.15, 0.2) is 4.80 Å². The Morgan fingerprint density at radius 1 is 1.15 bits per heavy atom. The van der Waals surface area contributed by atoms with Crippen molar-refractivity contribution in [2.24, 2.45) is 4.99 Å². The zero-order chi connectivity index (χ0) is 19.2. The summed E-state index contributed by atoms with van der Waals surface area (Å²) in [5.74, 6) is -0.0139. The second-order valence-electron chi connectivity index (χ2n) is 5.72. The maximum Gasteiger partial charge on any atom is 0.279 e. The molecule has 5 nitrogen and oxygen atoms in total. The van der Waals surface area contributed by atoms with Crippen molar-refractivity contribution in [2.45, 2.75) is 20.4 Å². The van der Waals surface area contributed by atoms with Crippen molar-refractivity contribution in [3.8, 4) is 5.75 Å². The van der Waals surface area contributed by atoms with Crippen LogP contribution in [0.5, 0.6) is 5.75 Å². The van der Waals surface area contributed by atoms with Crippen molar-refractivity contribution >= 4 is 27.5 Å². The molecule has 1 aromatic heterocycles. The van der Waals surface area contributed by atoms with E-state index >= 15 is 0 Å². The van der Waals surface area contributed by atoms with Gasteiger partial charge in [0, 0.05) is 18.7 Å². The monoisotopic (exact) mass is 388 g/mol. The number of fused-ring (bicyclic) bond motifs is 1. The van der Waals surface area contributed by atoms with Crippen molar-refractivity contribution in [3.63, 3.8) is 0 Å². The van der Waals surface area contributed by atoms with E-state index in [1.54, 1.807) is 0 Å². The van der Waals surface area contributed by atoms with Crippen LogP contribution in [0.3, 0.4) is 0 Å². The minimum atomic E-state index is -0.406. The Hall–Kier alpha value is -2.51.